The van der Waals surface area contributed by atoms with Gasteiger partial charge in [-0.25, -0.2) is 0 Å². The lowest BCUT2D eigenvalue weighted by Crippen LogP contribution is -2.52. The average molecular weight is 591 g/mol. The number of para-hydroxylation sites is 1. The molecule has 0 N–H and O–H groups in total. The first-order valence-electron chi connectivity index (χ1n) is 13.8. The molecule has 2 amide bonds. The number of amides is 2. The predicted octanol–water partition coefficient (Wildman–Crippen LogP) is 5.93. The molecular formula is C34H23ClN2O6. The van der Waals surface area contributed by atoms with E-state index in [0.717, 1.165) is 11.1 Å². The van der Waals surface area contributed by atoms with Crippen molar-refractivity contribution in [2.75, 3.05) is 11.7 Å². The molecule has 43 heavy (non-hydrogen) atoms. The molecule has 3 aliphatic heterocycles. The molecule has 1 spiro atoms. The van der Waals surface area contributed by atoms with E-state index in [0.29, 0.717) is 38.7 Å². The SMILES string of the molecule is Cc1ccc2oc3c(c(=O)c2c1)C1(C(=O)N(Cc2ccccc2Cl)c2ccccc21)N(Cc1ccc2c(c1)OCO2)C3=O. The molecule has 1 aromatic heterocycles. The number of halogens is 1. The van der Waals surface area contributed by atoms with Crippen LogP contribution in [0.15, 0.2) is 94.1 Å². The Morgan fingerprint density at radius 2 is 1.65 bits per heavy atom. The van der Waals surface area contributed by atoms with Crippen LogP contribution in [-0.4, -0.2) is 23.5 Å². The number of hydrogen-bond donors (Lipinski definition) is 0. The van der Waals surface area contributed by atoms with Crippen molar-refractivity contribution in [2.24, 2.45) is 0 Å². The van der Waals surface area contributed by atoms with Gasteiger partial charge in [-0.2, -0.15) is 0 Å². The van der Waals surface area contributed by atoms with E-state index in [1.807, 2.05) is 49.4 Å². The number of carbonyl (C=O) groups excluding carboxylic acids is 2. The van der Waals surface area contributed by atoms with Crippen molar-refractivity contribution in [2.45, 2.75) is 25.6 Å². The van der Waals surface area contributed by atoms with Crippen LogP contribution in [0.25, 0.3) is 11.0 Å². The maximum Gasteiger partial charge on any atom is 0.291 e. The Morgan fingerprint density at radius 1 is 0.860 bits per heavy atom. The second-order valence-electron chi connectivity index (χ2n) is 10.9. The molecule has 9 heteroatoms. The van der Waals surface area contributed by atoms with Crippen LogP contribution >= 0.6 is 11.6 Å². The van der Waals surface area contributed by atoms with Crippen LogP contribution < -0.4 is 19.8 Å². The number of hydrogen-bond acceptors (Lipinski definition) is 6. The highest BCUT2D eigenvalue weighted by atomic mass is 35.5. The van der Waals surface area contributed by atoms with Crippen LogP contribution in [0, 0.1) is 6.92 Å². The summed E-state index contributed by atoms with van der Waals surface area (Å²) in [6.45, 7) is 2.13. The summed E-state index contributed by atoms with van der Waals surface area (Å²) in [6, 6.07) is 25.2. The van der Waals surface area contributed by atoms with Crippen LogP contribution in [0.3, 0.4) is 0 Å². The minimum atomic E-state index is -1.76. The highest BCUT2D eigenvalue weighted by Gasteiger charge is 2.65. The summed E-state index contributed by atoms with van der Waals surface area (Å²) in [7, 11) is 0. The van der Waals surface area contributed by atoms with Gasteiger partial charge in [-0.15, -0.1) is 0 Å². The molecular weight excluding hydrogens is 568 g/mol. The largest absolute Gasteiger partial charge is 0.454 e. The molecule has 4 heterocycles. The zero-order chi connectivity index (χ0) is 29.5. The molecule has 0 aliphatic carbocycles. The van der Waals surface area contributed by atoms with E-state index >= 15 is 4.79 Å². The van der Waals surface area contributed by atoms with Crippen LogP contribution in [0.2, 0.25) is 5.02 Å². The van der Waals surface area contributed by atoms with Gasteiger partial charge in [-0.05, 0) is 54.4 Å². The molecule has 212 valence electrons. The van der Waals surface area contributed by atoms with Crippen LogP contribution in [0.4, 0.5) is 5.69 Å². The Morgan fingerprint density at radius 3 is 2.51 bits per heavy atom. The van der Waals surface area contributed by atoms with Gasteiger partial charge in [0.25, 0.3) is 11.8 Å². The first kappa shape index (κ1) is 25.6. The molecule has 0 bridgehead atoms. The molecule has 0 radical (unpaired) electrons. The van der Waals surface area contributed by atoms with Gasteiger partial charge in [0.05, 0.1) is 23.2 Å². The monoisotopic (exact) mass is 590 g/mol. The number of carbonyl (C=O) groups is 2. The van der Waals surface area contributed by atoms with Gasteiger partial charge in [-0.1, -0.05) is 65.7 Å². The topological polar surface area (TPSA) is 89.3 Å². The Kier molecular flexibility index (Phi) is 5.49. The lowest BCUT2D eigenvalue weighted by molar-refractivity contribution is -0.126. The Hall–Kier alpha value is -5.08. The number of fused-ring (bicyclic) bond motifs is 6. The fourth-order valence-corrected chi connectivity index (χ4v) is 6.70. The van der Waals surface area contributed by atoms with E-state index in [1.165, 1.54) is 4.90 Å². The smallest absolute Gasteiger partial charge is 0.291 e. The van der Waals surface area contributed by atoms with E-state index in [9.17, 15) is 9.59 Å². The Bertz CT molecular complexity index is 2090. The lowest BCUT2D eigenvalue weighted by Gasteiger charge is -2.34. The van der Waals surface area contributed by atoms with Gasteiger partial charge < -0.3 is 23.7 Å². The molecule has 5 aromatic rings. The van der Waals surface area contributed by atoms with Gasteiger partial charge in [0.2, 0.25) is 12.6 Å². The summed E-state index contributed by atoms with van der Waals surface area (Å²) in [5.41, 5.74) is 1.54. The van der Waals surface area contributed by atoms with Crippen molar-refractivity contribution in [3.8, 4) is 11.5 Å². The zero-order valence-corrected chi connectivity index (χ0v) is 23.7. The number of aryl methyl sites for hydroxylation is 1. The third kappa shape index (κ3) is 3.53. The highest BCUT2D eigenvalue weighted by Crippen LogP contribution is 2.53. The summed E-state index contributed by atoms with van der Waals surface area (Å²) in [6.07, 6.45) is 0. The van der Waals surface area contributed by atoms with Crippen molar-refractivity contribution < 1.29 is 23.5 Å². The van der Waals surface area contributed by atoms with Gasteiger partial charge in [-0.3, -0.25) is 14.4 Å². The van der Waals surface area contributed by atoms with E-state index in [-0.39, 0.29) is 36.8 Å². The lowest BCUT2D eigenvalue weighted by atomic mass is 9.83. The van der Waals surface area contributed by atoms with Crippen molar-refractivity contribution in [3.63, 3.8) is 0 Å². The van der Waals surface area contributed by atoms with Gasteiger partial charge in [0, 0.05) is 17.1 Å². The summed E-state index contributed by atoms with van der Waals surface area (Å²) in [5.74, 6) is 0.0337. The maximum absolute atomic E-state index is 15.0. The summed E-state index contributed by atoms with van der Waals surface area (Å²) in [4.78, 5) is 46.9. The fraction of sp³-hybridized carbons (Fsp3) is 0.147. The van der Waals surface area contributed by atoms with E-state index in [1.54, 1.807) is 47.4 Å². The first-order valence-corrected chi connectivity index (χ1v) is 14.2. The van der Waals surface area contributed by atoms with Gasteiger partial charge in [0.1, 0.15) is 5.58 Å². The van der Waals surface area contributed by atoms with Crippen LogP contribution in [-0.2, 0) is 23.4 Å². The van der Waals surface area contributed by atoms with E-state index in [4.69, 9.17) is 25.5 Å². The van der Waals surface area contributed by atoms with Gasteiger partial charge in [0.15, 0.2) is 22.5 Å². The molecule has 8 nitrogen and oxygen atoms in total. The van der Waals surface area contributed by atoms with Crippen molar-refractivity contribution in [1.29, 1.82) is 0 Å². The summed E-state index contributed by atoms with van der Waals surface area (Å²) >= 11 is 6.53. The maximum atomic E-state index is 15.0. The van der Waals surface area contributed by atoms with Crippen LogP contribution in [0.5, 0.6) is 11.5 Å². The molecule has 3 aliphatic rings. The quantitative estimate of drug-likeness (QED) is 0.258. The number of ether oxygens (including phenoxy) is 2. The Balaban J connectivity index is 1.39. The fourth-order valence-electron chi connectivity index (χ4n) is 6.50. The normalized spacial score (nSPS) is 18.2. The van der Waals surface area contributed by atoms with Crippen LogP contribution in [0.1, 0.15) is 38.4 Å². The molecule has 1 atom stereocenters. The molecule has 8 rings (SSSR count). The van der Waals surface area contributed by atoms with E-state index < -0.39 is 22.8 Å². The van der Waals surface area contributed by atoms with E-state index in [2.05, 4.69) is 0 Å². The molecule has 0 saturated carbocycles. The highest BCUT2D eigenvalue weighted by molar-refractivity contribution is 6.31. The zero-order valence-electron chi connectivity index (χ0n) is 22.9. The summed E-state index contributed by atoms with van der Waals surface area (Å²) < 4.78 is 17.2. The standard InChI is InChI=1S/C34H23ClN2O6/c1-19-10-12-26-22(14-19)30(38)29-31(43-26)32(39)37(16-20-11-13-27-28(15-20)42-18-41-27)34(29)23-7-3-5-9-25(23)36(33(34)40)17-21-6-2-4-8-24(21)35/h2-15H,16-18H2,1H3. The minimum absolute atomic E-state index is 0.00843. The number of rotatable bonds is 4. The number of nitrogens with zero attached hydrogens (tertiary/aromatic N) is 2. The second kappa shape index (κ2) is 9.21. The number of benzene rings is 4. The predicted molar refractivity (Wildman–Crippen MR) is 160 cm³/mol. The third-order valence-electron chi connectivity index (χ3n) is 8.46. The number of anilines is 1. The van der Waals surface area contributed by atoms with Gasteiger partial charge >= 0.3 is 0 Å². The average Bonchev–Trinajstić information content (AvgIpc) is 3.65. The Labute approximate surface area is 250 Å². The summed E-state index contributed by atoms with van der Waals surface area (Å²) in [5, 5.41) is 0.820. The van der Waals surface area contributed by atoms with Crippen molar-refractivity contribution >= 4 is 40.1 Å². The van der Waals surface area contributed by atoms with Crippen molar-refractivity contribution in [1.82, 2.24) is 4.90 Å². The molecule has 1 unspecified atom stereocenters. The molecule has 0 saturated heterocycles. The first-order chi connectivity index (χ1) is 20.9. The second-order valence-corrected chi connectivity index (χ2v) is 11.3. The molecule has 0 fully saturated rings. The third-order valence-corrected chi connectivity index (χ3v) is 8.82. The molecule has 4 aromatic carbocycles. The minimum Gasteiger partial charge on any atom is -0.454 e. The van der Waals surface area contributed by atoms with Crippen molar-refractivity contribution in [3.05, 3.63) is 134 Å².